The standard InChI is InChI=1S/C19H22N6OS/c26-19(18(25-15-20-21-22-25)16-6-2-1-3-7-16)24-10-5-9-23(11-12-24)14-17-8-4-13-27-17/h1-4,6-8,13,15,18H,5,9-12,14H2. The van der Waals surface area contributed by atoms with Gasteiger partial charge in [0.1, 0.15) is 6.33 Å². The summed E-state index contributed by atoms with van der Waals surface area (Å²) < 4.78 is 1.55. The molecule has 0 saturated carbocycles. The Labute approximate surface area is 162 Å². The van der Waals surface area contributed by atoms with Crippen molar-refractivity contribution in [2.45, 2.75) is 19.0 Å². The third-order valence-electron chi connectivity index (χ3n) is 4.84. The first-order valence-electron chi connectivity index (χ1n) is 9.12. The molecule has 27 heavy (non-hydrogen) atoms. The van der Waals surface area contributed by atoms with E-state index in [9.17, 15) is 4.79 Å². The second-order valence-electron chi connectivity index (χ2n) is 6.64. The van der Waals surface area contributed by atoms with Crippen molar-refractivity contribution in [3.05, 3.63) is 64.6 Å². The lowest BCUT2D eigenvalue weighted by Gasteiger charge is -2.26. The van der Waals surface area contributed by atoms with E-state index in [0.717, 1.165) is 44.7 Å². The van der Waals surface area contributed by atoms with Crippen molar-refractivity contribution in [3.63, 3.8) is 0 Å². The van der Waals surface area contributed by atoms with Crippen LogP contribution in [0.1, 0.15) is 22.9 Å². The summed E-state index contributed by atoms with van der Waals surface area (Å²) in [5, 5.41) is 13.6. The molecule has 0 spiro atoms. The fourth-order valence-electron chi connectivity index (χ4n) is 3.48. The summed E-state index contributed by atoms with van der Waals surface area (Å²) in [6, 6.07) is 13.4. The average Bonchev–Trinajstić information content (AvgIpc) is 3.35. The van der Waals surface area contributed by atoms with Crippen LogP contribution in [-0.2, 0) is 11.3 Å². The summed E-state index contributed by atoms with van der Waals surface area (Å²) in [4.78, 5) is 19.1. The molecule has 1 fully saturated rings. The SMILES string of the molecule is O=C(C(c1ccccc1)n1cnnn1)N1CCCN(Cc2cccs2)CC1. The molecule has 1 aromatic carbocycles. The van der Waals surface area contributed by atoms with Crippen molar-refractivity contribution in [2.75, 3.05) is 26.2 Å². The van der Waals surface area contributed by atoms with Crippen molar-refractivity contribution < 1.29 is 4.79 Å². The van der Waals surface area contributed by atoms with Crippen LogP contribution in [0.4, 0.5) is 0 Å². The number of carbonyl (C=O) groups excluding carboxylic acids is 1. The normalized spacial score (nSPS) is 16.8. The van der Waals surface area contributed by atoms with Crippen LogP contribution in [0.5, 0.6) is 0 Å². The van der Waals surface area contributed by atoms with E-state index in [2.05, 4.69) is 37.9 Å². The molecule has 7 nitrogen and oxygen atoms in total. The van der Waals surface area contributed by atoms with Gasteiger partial charge in [-0.1, -0.05) is 36.4 Å². The number of rotatable bonds is 5. The molecule has 0 bridgehead atoms. The highest BCUT2D eigenvalue weighted by Crippen LogP contribution is 2.21. The van der Waals surface area contributed by atoms with E-state index in [-0.39, 0.29) is 5.91 Å². The van der Waals surface area contributed by atoms with Crippen LogP contribution in [0.15, 0.2) is 54.2 Å². The van der Waals surface area contributed by atoms with E-state index in [1.165, 1.54) is 11.2 Å². The summed E-state index contributed by atoms with van der Waals surface area (Å²) in [6.45, 7) is 4.30. The van der Waals surface area contributed by atoms with E-state index in [1.54, 1.807) is 16.0 Å². The van der Waals surface area contributed by atoms with Gasteiger partial charge in [0, 0.05) is 37.6 Å². The second kappa shape index (κ2) is 8.41. The van der Waals surface area contributed by atoms with Gasteiger partial charge in [-0.2, -0.15) is 0 Å². The Morgan fingerprint density at radius 3 is 2.70 bits per heavy atom. The van der Waals surface area contributed by atoms with Crippen molar-refractivity contribution in [3.8, 4) is 0 Å². The highest BCUT2D eigenvalue weighted by molar-refractivity contribution is 7.09. The molecule has 0 N–H and O–H groups in total. The van der Waals surface area contributed by atoms with Gasteiger partial charge in [0.25, 0.3) is 5.91 Å². The molecule has 1 atom stereocenters. The van der Waals surface area contributed by atoms with E-state index >= 15 is 0 Å². The Balaban J connectivity index is 1.48. The first-order valence-corrected chi connectivity index (χ1v) is 10.00. The van der Waals surface area contributed by atoms with Crippen molar-refractivity contribution in [1.29, 1.82) is 0 Å². The zero-order valence-corrected chi connectivity index (χ0v) is 15.8. The maximum Gasteiger partial charge on any atom is 0.252 e. The molecule has 8 heteroatoms. The van der Waals surface area contributed by atoms with Crippen LogP contribution in [-0.4, -0.2) is 62.1 Å². The zero-order valence-electron chi connectivity index (χ0n) is 15.0. The molecular weight excluding hydrogens is 360 g/mol. The zero-order chi connectivity index (χ0) is 18.5. The minimum absolute atomic E-state index is 0.0477. The molecule has 1 saturated heterocycles. The molecule has 1 aliphatic heterocycles. The van der Waals surface area contributed by atoms with Gasteiger partial charge in [0.05, 0.1) is 0 Å². The van der Waals surface area contributed by atoms with Gasteiger partial charge in [-0.25, -0.2) is 4.68 Å². The molecule has 140 valence electrons. The summed E-state index contributed by atoms with van der Waals surface area (Å²) in [7, 11) is 0. The number of thiophene rings is 1. The number of hydrogen-bond acceptors (Lipinski definition) is 6. The van der Waals surface area contributed by atoms with Crippen LogP contribution in [0.25, 0.3) is 0 Å². The summed E-state index contributed by atoms with van der Waals surface area (Å²) >= 11 is 1.78. The van der Waals surface area contributed by atoms with Gasteiger partial charge in [0.2, 0.25) is 0 Å². The van der Waals surface area contributed by atoms with Gasteiger partial charge in [0.15, 0.2) is 6.04 Å². The smallest absolute Gasteiger partial charge is 0.252 e. The molecule has 0 radical (unpaired) electrons. The van der Waals surface area contributed by atoms with Gasteiger partial charge in [-0.3, -0.25) is 9.69 Å². The van der Waals surface area contributed by atoms with Crippen LogP contribution >= 0.6 is 11.3 Å². The van der Waals surface area contributed by atoms with E-state index < -0.39 is 6.04 Å². The average molecular weight is 382 g/mol. The molecular formula is C19H22N6OS. The third-order valence-corrected chi connectivity index (χ3v) is 5.70. The number of carbonyl (C=O) groups is 1. The highest BCUT2D eigenvalue weighted by atomic mass is 32.1. The highest BCUT2D eigenvalue weighted by Gasteiger charge is 2.29. The number of benzene rings is 1. The topological polar surface area (TPSA) is 67.2 Å². The predicted molar refractivity (Wildman–Crippen MR) is 103 cm³/mol. The minimum Gasteiger partial charge on any atom is -0.339 e. The van der Waals surface area contributed by atoms with Gasteiger partial charge < -0.3 is 4.90 Å². The van der Waals surface area contributed by atoms with E-state index in [0.29, 0.717) is 0 Å². The molecule has 3 aromatic rings. The second-order valence-corrected chi connectivity index (χ2v) is 7.67. The van der Waals surface area contributed by atoms with Crippen molar-refractivity contribution in [1.82, 2.24) is 30.0 Å². The molecule has 1 unspecified atom stereocenters. The van der Waals surface area contributed by atoms with Crippen LogP contribution in [0, 0.1) is 0 Å². The minimum atomic E-state index is -0.523. The Bertz CT molecular complexity index is 836. The quantitative estimate of drug-likeness (QED) is 0.676. The van der Waals surface area contributed by atoms with Gasteiger partial charge in [-0.05, 0) is 33.9 Å². The number of aromatic nitrogens is 4. The number of amides is 1. The predicted octanol–water partition coefficient (Wildman–Crippen LogP) is 2.06. The Kier molecular flexibility index (Phi) is 5.55. The molecule has 4 rings (SSSR count). The number of tetrazole rings is 1. The van der Waals surface area contributed by atoms with E-state index in [1.807, 2.05) is 35.2 Å². The van der Waals surface area contributed by atoms with Crippen LogP contribution < -0.4 is 0 Å². The van der Waals surface area contributed by atoms with Crippen LogP contribution in [0.2, 0.25) is 0 Å². The molecule has 0 aliphatic carbocycles. The fraction of sp³-hybridized carbons (Fsp3) is 0.368. The number of hydrogen-bond donors (Lipinski definition) is 0. The maximum atomic E-state index is 13.4. The first-order chi connectivity index (χ1) is 13.3. The maximum absolute atomic E-state index is 13.4. The Morgan fingerprint density at radius 1 is 1.07 bits per heavy atom. The lowest BCUT2D eigenvalue weighted by molar-refractivity contribution is -0.133. The Hall–Kier alpha value is -2.58. The van der Waals surface area contributed by atoms with Crippen LogP contribution in [0.3, 0.4) is 0 Å². The molecule has 1 amide bonds. The molecule has 3 heterocycles. The third kappa shape index (κ3) is 4.23. The van der Waals surface area contributed by atoms with Gasteiger partial charge >= 0.3 is 0 Å². The first kappa shape index (κ1) is 17.8. The van der Waals surface area contributed by atoms with E-state index in [4.69, 9.17) is 0 Å². The summed E-state index contributed by atoms with van der Waals surface area (Å²) in [5.41, 5.74) is 0.898. The monoisotopic (exact) mass is 382 g/mol. The lowest BCUT2D eigenvalue weighted by atomic mass is 10.1. The van der Waals surface area contributed by atoms with Crippen molar-refractivity contribution >= 4 is 17.2 Å². The Morgan fingerprint density at radius 2 is 1.96 bits per heavy atom. The number of nitrogens with zero attached hydrogens (tertiary/aromatic N) is 6. The summed E-state index contributed by atoms with van der Waals surface area (Å²) in [5.74, 6) is 0.0477. The summed E-state index contributed by atoms with van der Waals surface area (Å²) in [6.07, 6.45) is 2.48. The lowest BCUT2D eigenvalue weighted by Crippen LogP contribution is -2.40. The largest absolute Gasteiger partial charge is 0.339 e. The molecule has 1 aliphatic rings. The van der Waals surface area contributed by atoms with Crippen molar-refractivity contribution in [2.24, 2.45) is 0 Å². The fourth-order valence-corrected chi connectivity index (χ4v) is 4.22. The molecule has 2 aromatic heterocycles. The van der Waals surface area contributed by atoms with Gasteiger partial charge in [-0.15, -0.1) is 16.4 Å².